The fraction of sp³-hybridized carbons (Fsp3) is 1.00. The van der Waals surface area contributed by atoms with E-state index in [2.05, 4.69) is 16.7 Å². The Morgan fingerprint density at radius 2 is 1.43 bits per heavy atom. The molecule has 2 atom stereocenters. The number of ether oxygens (including phenoxy) is 2. The fourth-order valence-corrected chi connectivity index (χ4v) is 3.46. The first-order valence-corrected chi connectivity index (χ1v) is 8.85. The third-order valence-electron chi connectivity index (χ3n) is 4.65. The summed E-state index contributed by atoms with van der Waals surface area (Å²) < 4.78 is 10.7. The van der Waals surface area contributed by atoms with E-state index in [1.165, 1.54) is 39.0 Å². The molecule has 4 nitrogen and oxygen atoms in total. The molecule has 0 aromatic heterocycles. The molecule has 0 radical (unpaired) electrons. The molecular formula is C17H36N2O2. The van der Waals surface area contributed by atoms with Gasteiger partial charge in [-0.05, 0) is 44.7 Å². The summed E-state index contributed by atoms with van der Waals surface area (Å²) in [6, 6.07) is 0. The van der Waals surface area contributed by atoms with Crippen LogP contribution < -0.4 is 0 Å². The van der Waals surface area contributed by atoms with Crippen LogP contribution in [0.25, 0.3) is 0 Å². The minimum absolute atomic E-state index is 0.842. The molecule has 2 rings (SSSR count). The lowest BCUT2D eigenvalue weighted by atomic mass is 9.80. The van der Waals surface area contributed by atoms with Crippen LogP contribution in [0.5, 0.6) is 0 Å². The van der Waals surface area contributed by atoms with Crippen molar-refractivity contribution >= 4 is 0 Å². The molecule has 2 unspecified atom stereocenters. The largest absolute Gasteiger partial charge is 0.383 e. The van der Waals surface area contributed by atoms with Crippen molar-refractivity contribution in [2.75, 3.05) is 66.2 Å². The lowest BCUT2D eigenvalue weighted by Crippen LogP contribution is -2.50. The van der Waals surface area contributed by atoms with Gasteiger partial charge >= 0.3 is 0 Å². The van der Waals surface area contributed by atoms with Gasteiger partial charge in [-0.2, -0.15) is 0 Å². The van der Waals surface area contributed by atoms with Gasteiger partial charge in [0.05, 0.1) is 13.2 Å². The van der Waals surface area contributed by atoms with Crippen LogP contribution >= 0.6 is 0 Å². The average Bonchev–Trinajstić information content (AvgIpc) is 2.55. The minimum Gasteiger partial charge on any atom is -0.383 e. The van der Waals surface area contributed by atoms with Crippen LogP contribution in [-0.2, 0) is 9.47 Å². The maximum atomic E-state index is 5.47. The summed E-state index contributed by atoms with van der Waals surface area (Å²) in [7, 11) is 1.80. The van der Waals surface area contributed by atoms with Crippen molar-refractivity contribution in [3.63, 3.8) is 0 Å². The molecule has 21 heavy (non-hydrogen) atoms. The van der Waals surface area contributed by atoms with Crippen molar-refractivity contribution in [2.45, 2.75) is 33.6 Å². The number of nitrogens with zero attached hydrogens (tertiary/aromatic N) is 2. The van der Waals surface area contributed by atoms with E-state index in [0.717, 1.165) is 44.7 Å². The molecule has 2 saturated heterocycles. The zero-order chi connectivity index (χ0) is 15.5. The van der Waals surface area contributed by atoms with Crippen molar-refractivity contribution in [3.05, 3.63) is 0 Å². The van der Waals surface area contributed by atoms with E-state index in [1.54, 1.807) is 7.11 Å². The van der Waals surface area contributed by atoms with Crippen LogP contribution in [0, 0.1) is 11.8 Å². The second-order valence-electron chi connectivity index (χ2n) is 5.89. The quantitative estimate of drug-likeness (QED) is 0.674. The Bertz CT molecular complexity index is 251. The molecule has 4 heteroatoms. The third kappa shape index (κ3) is 6.64. The normalized spacial score (nSPS) is 26.9. The van der Waals surface area contributed by atoms with Crippen molar-refractivity contribution in [2.24, 2.45) is 11.8 Å². The van der Waals surface area contributed by atoms with Gasteiger partial charge in [0.1, 0.15) is 0 Å². The average molecular weight is 300 g/mol. The molecule has 0 saturated carbocycles. The third-order valence-corrected chi connectivity index (χ3v) is 4.65. The van der Waals surface area contributed by atoms with E-state index in [1.807, 2.05) is 13.8 Å². The lowest BCUT2D eigenvalue weighted by Gasteiger charge is -2.45. The summed E-state index contributed by atoms with van der Waals surface area (Å²) in [5.74, 6) is 1.82. The monoisotopic (exact) mass is 300 g/mol. The highest BCUT2D eigenvalue weighted by molar-refractivity contribution is 4.86. The van der Waals surface area contributed by atoms with Gasteiger partial charge in [0, 0.05) is 39.9 Å². The van der Waals surface area contributed by atoms with Crippen molar-refractivity contribution in [3.8, 4) is 0 Å². The highest BCUT2D eigenvalue weighted by Gasteiger charge is 2.33. The van der Waals surface area contributed by atoms with E-state index in [4.69, 9.17) is 9.47 Å². The van der Waals surface area contributed by atoms with Crippen molar-refractivity contribution in [1.29, 1.82) is 0 Å². The molecule has 0 N–H and O–H groups in total. The SMILES string of the molecule is CC.CCOCCN1CCC2CN(CCOC)CCC2C1. The Labute approximate surface area is 131 Å². The first-order chi connectivity index (χ1) is 10.3. The second-order valence-corrected chi connectivity index (χ2v) is 5.89. The Kier molecular flexibility index (Phi) is 10.3. The zero-order valence-corrected chi connectivity index (χ0v) is 14.6. The maximum Gasteiger partial charge on any atom is 0.0593 e. The Hall–Kier alpha value is -0.160. The first kappa shape index (κ1) is 18.9. The van der Waals surface area contributed by atoms with E-state index in [0.29, 0.717) is 0 Å². The van der Waals surface area contributed by atoms with E-state index >= 15 is 0 Å². The molecule has 2 aliphatic rings. The van der Waals surface area contributed by atoms with Gasteiger partial charge in [-0.25, -0.2) is 0 Å². The van der Waals surface area contributed by atoms with Gasteiger partial charge in [-0.3, -0.25) is 0 Å². The predicted octanol–water partition coefficient (Wildman–Crippen LogP) is 2.34. The zero-order valence-electron chi connectivity index (χ0n) is 14.6. The van der Waals surface area contributed by atoms with Gasteiger partial charge in [-0.1, -0.05) is 13.8 Å². The maximum absolute atomic E-state index is 5.47. The lowest BCUT2D eigenvalue weighted by molar-refractivity contribution is 0.0205. The number of piperidine rings is 2. The number of hydrogen-bond acceptors (Lipinski definition) is 4. The molecular weight excluding hydrogens is 264 g/mol. The van der Waals surface area contributed by atoms with E-state index < -0.39 is 0 Å². The van der Waals surface area contributed by atoms with E-state index in [-0.39, 0.29) is 0 Å². The topological polar surface area (TPSA) is 24.9 Å². The van der Waals surface area contributed by atoms with Crippen LogP contribution in [0.15, 0.2) is 0 Å². The Balaban J connectivity index is 0.00000106. The van der Waals surface area contributed by atoms with Crippen molar-refractivity contribution in [1.82, 2.24) is 9.80 Å². The van der Waals surface area contributed by atoms with Crippen molar-refractivity contribution < 1.29 is 9.47 Å². The molecule has 0 amide bonds. The summed E-state index contributed by atoms with van der Waals surface area (Å²) in [5.41, 5.74) is 0. The van der Waals surface area contributed by atoms with Crippen LogP contribution in [0.4, 0.5) is 0 Å². The minimum atomic E-state index is 0.842. The summed E-state index contributed by atoms with van der Waals surface area (Å²) >= 11 is 0. The number of likely N-dealkylation sites (tertiary alicyclic amines) is 2. The number of methoxy groups -OCH3 is 1. The summed E-state index contributed by atoms with van der Waals surface area (Å²) in [6.07, 6.45) is 2.72. The molecule has 0 aromatic carbocycles. The van der Waals surface area contributed by atoms with Crippen LogP contribution in [-0.4, -0.2) is 76.0 Å². The molecule has 126 valence electrons. The van der Waals surface area contributed by atoms with Gasteiger partial charge in [0.2, 0.25) is 0 Å². The molecule has 2 heterocycles. The predicted molar refractivity (Wildman–Crippen MR) is 88.8 cm³/mol. The first-order valence-electron chi connectivity index (χ1n) is 8.85. The molecule has 0 aliphatic carbocycles. The van der Waals surface area contributed by atoms with Crippen LogP contribution in [0.3, 0.4) is 0 Å². The highest BCUT2D eigenvalue weighted by Crippen LogP contribution is 2.30. The second kappa shape index (κ2) is 11.4. The Morgan fingerprint density at radius 3 is 1.90 bits per heavy atom. The smallest absolute Gasteiger partial charge is 0.0593 e. The van der Waals surface area contributed by atoms with Gasteiger partial charge in [-0.15, -0.1) is 0 Å². The highest BCUT2D eigenvalue weighted by atomic mass is 16.5. The Morgan fingerprint density at radius 1 is 0.905 bits per heavy atom. The van der Waals surface area contributed by atoms with Gasteiger partial charge in [0.25, 0.3) is 0 Å². The molecule has 0 aromatic rings. The summed E-state index contributed by atoms with van der Waals surface area (Å²) in [4.78, 5) is 5.18. The molecule has 2 aliphatic heterocycles. The number of hydrogen-bond donors (Lipinski definition) is 0. The molecule has 0 spiro atoms. The summed E-state index contributed by atoms with van der Waals surface area (Å²) in [5, 5.41) is 0. The van der Waals surface area contributed by atoms with Gasteiger partial charge < -0.3 is 19.3 Å². The van der Waals surface area contributed by atoms with Crippen LogP contribution in [0.2, 0.25) is 0 Å². The van der Waals surface area contributed by atoms with Gasteiger partial charge in [0.15, 0.2) is 0 Å². The summed E-state index contributed by atoms with van der Waals surface area (Å²) in [6.45, 7) is 16.0. The van der Waals surface area contributed by atoms with E-state index in [9.17, 15) is 0 Å². The molecule has 2 fully saturated rings. The fourth-order valence-electron chi connectivity index (χ4n) is 3.46. The molecule has 0 bridgehead atoms. The number of rotatable bonds is 7. The van der Waals surface area contributed by atoms with Crippen LogP contribution in [0.1, 0.15) is 33.6 Å². The standard InChI is InChI=1S/C15H30N2O2.C2H6/c1-3-19-11-9-17-7-5-14-12-16(8-10-18-2)6-4-15(14)13-17;1-2/h14-15H,3-13H2,1-2H3;1-2H3. The number of fused-ring (bicyclic) bond motifs is 1.